The predicted octanol–water partition coefficient (Wildman–Crippen LogP) is 2.28. The Labute approximate surface area is 138 Å². The van der Waals surface area contributed by atoms with Gasteiger partial charge in [0, 0.05) is 18.1 Å². The van der Waals surface area contributed by atoms with Gasteiger partial charge >= 0.3 is 12.2 Å². The molecule has 1 rings (SSSR count). The molecule has 0 aliphatic heterocycles. The van der Waals surface area contributed by atoms with Crippen LogP contribution in [-0.4, -0.2) is 41.5 Å². The number of nitrogens with two attached hydrogens (primary N) is 1. The molecule has 1 saturated carbocycles. The number of nitrogens with one attached hydrogen (secondary N) is 2. The van der Waals surface area contributed by atoms with Gasteiger partial charge in [-0.2, -0.15) is 0 Å². The van der Waals surface area contributed by atoms with Gasteiger partial charge in [0.1, 0.15) is 11.2 Å². The molecular weight excluding hydrogens is 298 g/mol. The SMILES string of the molecule is CC(C)(C)OC(=O)NC1CC(N)CC(NC(=O)OC(C)(C)C)C1. The highest BCUT2D eigenvalue weighted by molar-refractivity contribution is 5.69. The van der Waals surface area contributed by atoms with Gasteiger partial charge in [0.2, 0.25) is 0 Å². The van der Waals surface area contributed by atoms with Gasteiger partial charge in [-0.3, -0.25) is 0 Å². The zero-order valence-electron chi connectivity index (χ0n) is 15.1. The molecule has 23 heavy (non-hydrogen) atoms. The van der Waals surface area contributed by atoms with Gasteiger partial charge in [-0.1, -0.05) is 0 Å². The van der Waals surface area contributed by atoms with Crippen molar-refractivity contribution in [1.29, 1.82) is 0 Å². The van der Waals surface area contributed by atoms with Gasteiger partial charge in [-0.25, -0.2) is 9.59 Å². The molecule has 7 nitrogen and oxygen atoms in total. The Kier molecular flexibility index (Phi) is 6.27. The van der Waals surface area contributed by atoms with Crippen LogP contribution < -0.4 is 16.4 Å². The van der Waals surface area contributed by atoms with E-state index in [9.17, 15) is 9.59 Å². The third kappa shape index (κ3) is 8.64. The van der Waals surface area contributed by atoms with Crippen molar-refractivity contribution in [2.24, 2.45) is 5.73 Å². The highest BCUT2D eigenvalue weighted by Crippen LogP contribution is 2.19. The van der Waals surface area contributed by atoms with E-state index in [1.54, 1.807) is 0 Å². The lowest BCUT2D eigenvalue weighted by atomic mass is 9.87. The molecular formula is C16H31N3O4. The fraction of sp³-hybridized carbons (Fsp3) is 0.875. The van der Waals surface area contributed by atoms with Crippen molar-refractivity contribution in [3.63, 3.8) is 0 Å². The largest absolute Gasteiger partial charge is 0.444 e. The molecule has 7 heteroatoms. The highest BCUT2D eigenvalue weighted by Gasteiger charge is 2.31. The molecule has 0 aromatic heterocycles. The first-order chi connectivity index (χ1) is 10.3. The van der Waals surface area contributed by atoms with Crippen LogP contribution in [0.2, 0.25) is 0 Å². The van der Waals surface area contributed by atoms with Crippen LogP contribution in [0.3, 0.4) is 0 Å². The molecule has 0 bridgehead atoms. The lowest BCUT2D eigenvalue weighted by Gasteiger charge is -2.34. The minimum Gasteiger partial charge on any atom is -0.444 e. The number of amides is 2. The van der Waals surface area contributed by atoms with Crippen molar-refractivity contribution in [2.45, 2.75) is 90.1 Å². The monoisotopic (exact) mass is 329 g/mol. The summed E-state index contributed by atoms with van der Waals surface area (Å²) in [5, 5.41) is 5.65. The average molecular weight is 329 g/mol. The second kappa shape index (κ2) is 7.38. The molecule has 0 heterocycles. The van der Waals surface area contributed by atoms with Crippen molar-refractivity contribution >= 4 is 12.2 Å². The summed E-state index contributed by atoms with van der Waals surface area (Å²) in [7, 11) is 0. The van der Waals surface area contributed by atoms with Crippen LogP contribution in [0.5, 0.6) is 0 Å². The van der Waals surface area contributed by atoms with Crippen molar-refractivity contribution in [2.75, 3.05) is 0 Å². The summed E-state index contributed by atoms with van der Waals surface area (Å²) in [6.07, 6.45) is 0.990. The van der Waals surface area contributed by atoms with E-state index >= 15 is 0 Å². The first-order valence-electron chi connectivity index (χ1n) is 8.08. The quantitative estimate of drug-likeness (QED) is 0.721. The smallest absolute Gasteiger partial charge is 0.407 e. The van der Waals surface area contributed by atoms with Crippen molar-refractivity contribution in [1.82, 2.24) is 10.6 Å². The molecule has 1 aliphatic rings. The van der Waals surface area contributed by atoms with Gasteiger partial charge < -0.3 is 25.8 Å². The zero-order chi connectivity index (χ0) is 17.8. The average Bonchev–Trinajstić information content (AvgIpc) is 2.20. The third-order valence-corrected chi connectivity index (χ3v) is 3.19. The van der Waals surface area contributed by atoms with Gasteiger partial charge in [-0.05, 0) is 60.8 Å². The molecule has 1 aliphatic carbocycles. The Bertz CT molecular complexity index is 388. The molecule has 0 saturated heterocycles. The maximum Gasteiger partial charge on any atom is 0.407 e. The summed E-state index contributed by atoms with van der Waals surface area (Å²) in [6.45, 7) is 10.9. The molecule has 134 valence electrons. The van der Waals surface area contributed by atoms with E-state index in [4.69, 9.17) is 15.2 Å². The summed E-state index contributed by atoms with van der Waals surface area (Å²) in [6, 6.07) is -0.356. The molecule has 2 amide bonds. The van der Waals surface area contributed by atoms with E-state index in [2.05, 4.69) is 10.6 Å². The number of alkyl carbamates (subject to hydrolysis) is 2. The van der Waals surface area contributed by atoms with Gasteiger partial charge in [-0.15, -0.1) is 0 Å². The Balaban J connectivity index is 2.52. The van der Waals surface area contributed by atoms with Gasteiger partial charge in [0.25, 0.3) is 0 Å². The van der Waals surface area contributed by atoms with Crippen LogP contribution in [0.1, 0.15) is 60.8 Å². The molecule has 2 unspecified atom stereocenters. The van der Waals surface area contributed by atoms with Crippen molar-refractivity contribution < 1.29 is 19.1 Å². The maximum atomic E-state index is 11.9. The van der Waals surface area contributed by atoms with Crippen LogP contribution >= 0.6 is 0 Å². The minimum absolute atomic E-state index is 0.0939. The van der Waals surface area contributed by atoms with Crippen LogP contribution in [0.4, 0.5) is 9.59 Å². The zero-order valence-corrected chi connectivity index (χ0v) is 15.1. The Morgan fingerprint density at radius 3 is 1.48 bits per heavy atom. The van der Waals surface area contributed by atoms with E-state index in [0.717, 1.165) is 0 Å². The summed E-state index contributed by atoms with van der Waals surface area (Å²) >= 11 is 0. The van der Waals surface area contributed by atoms with Crippen molar-refractivity contribution in [3.8, 4) is 0 Å². The fourth-order valence-electron chi connectivity index (χ4n) is 2.55. The summed E-state index contributed by atoms with van der Waals surface area (Å²) in [5.74, 6) is 0. The summed E-state index contributed by atoms with van der Waals surface area (Å²) < 4.78 is 10.5. The second-order valence-electron chi connectivity index (χ2n) is 8.15. The summed E-state index contributed by atoms with van der Waals surface area (Å²) in [4.78, 5) is 23.7. The van der Waals surface area contributed by atoms with Crippen LogP contribution in [0.15, 0.2) is 0 Å². The molecule has 0 spiro atoms. The molecule has 4 N–H and O–H groups in total. The topological polar surface area (TPSA) is 103 Å². The lowest BCUT2D eigenvalue weighted by molar-refractivity contribution is 0.0457. The molecule has 0 radical (unpaired) electrons. The molecule has 2 atom stereocenters. The van der Waals surface area contributed by atoms with E-state index < -0.39 is 23.4 Å². The summed E-state index contributed by atoms with van der Waals surface area (Å²) in [5.41, 5.74) is 4.94. The normalized spacial score (nSPS) is 25.4. The Morgan fingerprint density at radius 1 is 0.826 bits per heavy atom. The third-order valence-electron chi connectivity index (χ3n) is 3.19. The molecule has 0 aromatic rings. The fourth-order valence-corrected chi connectivity index (χ4v) is 2.55. The van der Waals surface area contributed by atoms with E-state index in [1.165, 1.54) is 0 Å². The number of ether oxygens (including phenoxy) is 2. The maximum absolute atomic E-state index is 11.9. The number of carbonyl (C=O) groups is 2. The van der Waals surface area contributed by atoms with E-state index in [0.29, 0.717) is 19.3 Å². The standard InChI is InChI=1S/C16H31N3O4/c1-15(2,3)22-13(20)18-11-7-10(17)8-12(9-11)19-14(21)23-16(4,5)6/h10-12H,7-9,17H2,1-6H3,(H,18,20)(H,19,21). The number of carbonyl (C=O) groups excluding carboxylic acids is 2. The highest BCUT2D eigenvalue weighted by atomic mass is 16.6. The van der Waals surface area contributed by atoms with Crippen LogP contribution in [0.25, 0.3) is 0 Å². The second-order valence-corrected chi connectivity index (χ2v) is 8.15. The van der Waals surface area contributed by atoms with E-state index in [1.807, 2.05) is 41.5 Å². The van der Waals surface area contributed by atoms with Crippen LogP contribution in [-0.2, 0) is 9.47 Å². The lowest BCUT2D eigenvalue weighted by Crippen LogP contribution is -2.52. The van der Waals surface area contributed by atoms with E-state index in [-0.39, 0.29) is 18.1 Å². The van der Waals surface area contributed by atoms with Gasteiger partial charge in [0.15, 0.2) is 0 Å². The first kappa shape index (κ1) is 19.5. The Hall–Kier alpha value is -1.50. The van der Waals surface area contributed by atoms with Crippen molar-refractivity contribution in [3.05, 3.63) is 0 Å². The first-order valence-corrected chi connectivity index (χ1v) is 8.08. The van der Waals surface area contributed by atoms with Gasteiger partial charge in [0.05, 0.1) is 0 Å². The number of rotatable bonds is 2. The predicted molar refractivity (Wildman–Crippen MR) is 88.1 cm³/mol. The Morgan fingerprint density at radius 2 is 1.17 bits per heavy atom. The van der Waals surface area contributed by atoms with Crippen LogP contribution in [0, 0.1) is 0 Å². The molecule has 0 aromatic carbocycles. The minimum atomic E-state index is -0.547. The number of hydrogen-bond acceptors (Lipinski definition) is 5. The number of hydrogen-bond donors (Lipinski definition) is 3. The molecule has 1 fully saturated rings.